The van der Waals surface area contributed by atoms with Crippen molar-refractivity contribution < 1.29 is 14.3 Å². The number of carbonyl (C=O) groups is 2. The zero-order chi connectivity index (χ0) is 24.5. The summed E-state index contributed by atoms with van der Waals surface area (Å²) in [5.41, 5.74) is 6.54. The summed E-state index contributed by atoms with van der Waals surface area (Å²) in [6, 6.07) is 25.3. The van der Waals surface area contributed by atoms with Gasteiger partial charge < -0.3 is 4.74 Å². The Labute approximate surface area is 206 Å². The van der Waals surface area contributed by atoms with Crippen molar-refractivity contribution in [3.63, 3.8) is 0 Å². The number of ether oxygens (including phenoxy) is 1. The highest BCUT2D eigenvalue weighted by molar-refractivity contribution is 5.94. The van der Waals surface area contributed by atoms with Gasteiger partial charge in [-0.2, -0.15) is 5.10 Å². The monoisotopic (exact) mass is 469 g/mol. The first-order valence-corrected chi connectivity index (χ1v) is 12.0. The van der Waals surface area contributed by atoms with Crippen molar-refractivity contribution in [2.24, 2.45) is 11.0 Å². The Bertz CT molecular complexity index is 1130. The maximum atomic E-state index is 12.4. The van der Waals surface area contributed by atoms with Gasteiger partial charge in [0.05, 0.1) is 6.21 Å². The third kappa shape index (κ3) is 7.62. The Morgan fingerprint density at radius 2 is 1.63 bits per heavy atom. The molecule has 0 spiro atoms. The molecular formula is C29H31N3O3. The van der Waals surface area contributed by atoms with Gasteiger partial charge in [-0.15, -0.1) is 0 Å². The maximum Gasteiger partial charge on any atom is 0.308 e. The second-order valence-electron chi connectivity index (χ2n) is 8.97. The van der Waals surface area contributed by atoms with E-state index in [-0.39, 0.29) is 11.9 Å². The number of hydrogen-bond acceptors (Lipinski definition) is 5. The Morgan fingerprint density at radius 1 is 0.943 bits per heavy atom. The van der Waals surface area contributed by atoms with Crippen molar-refractivity contribution in [2.75, 3.05) is 13.1 Å². The zero-order valence-corrected chi connectivity index (χ0v) is 20.0. The third-order valence-electron chi connectivity index (χ3n) is 6.22. The molecule has 1 aliphatic heterocycles. The average molecular weight is 470 g/mol. The Balaban J connectivity index is 1.21. The lowest BCUT2D eigenvalue weighted by Gasteiger charge is -2.32. The molecule has 1 N–H and O–H groups in total. The van der Waals surface area contributed by atoms with E-state index in [9.17, 15) is 9.59 Å². The molecule has 1 fully saturated rings. The lowest BCUT2D eigenvalue weighted by Crippen LogP contribution is -2.33. The first kappa shape index (κ1) is 24.4. The minimum Gasteiger partial charge on any atom is -0.427 e. The standard InChI is InChI=1S/C29H31N3O3/c1-22(33)35-28-13-9-25(10-14-28)20-30-31-29(34)27-11-7-26(8-12-27)21-32-17-15-24(16-18-32)19-23-5-3-2-4-6-23/h2-14,20,24H,15-19,21H2,1H3,(H,31,34)/b30-20-. The summed E-state index contributed by atoms with van der Waals surface area (Å²) < 4.78 is 5.00. The van der Waals surface area contributed by atoms with Gasteiger partial charge in [0.2, 0.25) is 0 Å². The number of esters is 1. The van der Waals surface area contributed by atoms with Crippen molar-refractivity contribution in [1.29, 1.82) is 0 Å². The van der Waals surface area contributed by atoms with E-state index in [1.807, 2.05) is 24.3 Å². The van der Waals surface area contributed by atoms with E-state index in [0.717, 1.165) is 31.1 Å². The summed E-state index contributed by atoms with van der Waals surface area (Å²) >= 11 is 0. The summed E-state index contributed by atoms with van der Waals surface area (Å²) in [6.45, 7) is 4.47. The van der Waals surface area contributed by atoms with E-state index in [4.69, 9.17) is 4.74 Å². The smallest absolute Gasteiger partial charge is 0.308 e. The third-order valence-corrected chi connectivity index (χ3v) is 6.22. The molecule has 1 saturated heterocycles. The summed E-state index contributed by atoms with van der Waals surface area (Å²) in [7, 11) is 0. The summed E-state index contributed by atoms with van der Waals surface area (Å²) in [4.78, 5) is 25.9. The van der Waals surface area contributed by atoms with Crippen LogP contribution in [0.4, 0.5) is 0 Å². The Hall–Kier alpha value is -3.77. The van der Waals surface area contributed by atoms with E-state index >= 15 is 0 Å². The van der Waals surface area contributed by atoms with Crippen molar-refractivity contribution in [3.05, 3.63) is 101 Å². The Morgan fingerprint density at radius 3 is 2.29 bits per heavy atom. The van der Waals surface area contributed by atoms with Crippen LogP contribution in [-0.4, -0.2) is 36.1 Å². The number of amides is 1. The highest BCUT2D eigenvalue weighted by atomic mass is 16.5. The number of rotatable bonds is 8. The van der Waals surface area contributed by atoms with E-state index in [1.165, 1.54) is 37.3 Å². The second kappa shape index (κ2) is 12.1. The number of hydrazone groups is 1. The van der Waals surface area contributed by atoms with Gasteiger partial charge in [0.15, 0.2) is 0 Å². The number of piperidine rings is 1. The quantitative estimate of drug-likeness (QED) is 0.222. The molecule has 0 atom stereocenters. The van der Waals surface area contributed by atoms with E-state index in [2.05, 4.69) is 45.8 Å². The molecular weight excluding hydrogens is 438 g/mol. The molecule has 0 aromatic heterocycles. The lowest BCUT2D eigenvalue weighted by molar-refractivity contribution is -0.131. The van der Waals surface area contributed by atoms with Crippen LogP contribution in [0.3, 0.4) is 0 Å². The fraction of sp³-hybridized carbons (Fsp3) is 0.276. The largest absolute Gasteiger partial charge is 0.427 e. The SMILES string of the molecule is CC(=O)Oc1ccc(/C=N\NC(=O)c2ccc(CN3CCC(Cc4ccccc4)CC3)cc2)cc1. The van der Waals surface area contributed by atoms with Gasteiger partial charge in [0.1, 0.15) is 5.75 Å². The zero-order valence-electron chi connectivity index (χ0n) is 20.0. The van der Waals surface area contributed by atoms with E-state index in [0.29, 0.717) is 11.3 Å². The van der Waals surface area contributed by atoms with Gasteiger partial charge in [-0.1, -0.05) is 42.5 Å². The van der Waals surface area contributed by atoms with Crippen LogP contribution >= 0.6 is 0 Å². The molecule has 1 amide bonds. The van der Waals surface area contributed by atoms with Crippen LogP contribution in [0.2, 0.25) is 0 Å². The van der Waals surface area contributed by atoms with Crippen LogP contribution in [0.1, 0.15) is 46.8 Å². The number of carbonyl (C=O) groups excluding carboxylic acids is 2. The van der Waals surface area contributed by atoms with Crippen LogP contribution in [0.15, 0.2) is 84.0 Å². The maximum absolute atomic E-state index is 12.4. The highest BCUT2D eigenvalue weighted by Crippen LogP contribution is 2.23. The molecule has 1 aliphatic rings. The topological polar surface area (TPSA) is 71.0 Å². The molecule has 0 radical (unpaired) electrons. The fourth-order valence-corrected chi connectivity index (χ4v) is 4.33. The number of likely N-dealkylation sites (tertiary alicyclic amines) is 1. The van der Waals surface area contributed by atoms with Crippen LogP contribution in [-0.2, 0) is 17.8 Å². The first-order valence-electron chi connectivity index (χ1n) is 12.0. The van der Waals surface area contributed by atoms with Crippen molar-refractivity contribution in [1.82, 2.24) is 10.3 Å². The van der Waals surface area contributed by atoms with Gasteiger partial charge in [-0.05, 0) is 91.4 Å². The molecule has 3 aromatic carbocycles. The van der Waals surface area contributed by atoms with E-state index in [1.54, 1.807) is 30.5 Å². The molecule has 4 rings (SSSR count). The Kier molecular flexibility index (Phi) is 8.41. The summed E-state index contributed by atoms with van der Waals surface area (Å²) in [5, 5.41) is 4.02. The second-order valence-corrected chi connectivity index (χ2v) is 8.97. The number of nitrogens with one attached hydrogen (secondary N) is 1. The normalized spacial score (nSPS) is 14.7. The van der Waals surface area contributed by atoms with Crippen molar-refractivity contribution >= 4 is 18.1 Å². The van der Waals surface area contributed by atoms with Crippen molar-refractivity contribution in [3.8, 4) is 5.75 Å². The molecule has 6 heteroatoms. The molecule has 6 nitrogen and oxygen atoms in total. The van der Waals surface area contributed by atoms with Gasteiger partial charge >= 0.3 is 5.97 Å². The van der Waals surface area contributed by atoms with Gasteiger partial charge in [0.25, 0.3) is 5.91 Å². The molecule has 0 unspecified atom stereocenters. The number of nitrogens with zero attached hydrogens (tertiary/aromatic N) is 2. The molecule has 0 bridgehead atoms. The number of benzene rings is 3. The van der Waals surface area contributed by atoms with Crippen LogP contribution in [0.25, 0.3) is 0 Å². The minimum atomic E-state index is -0.367. The van der Waals surface area contributed by atoms with Gasteiger partial charge in [-0.3, -0.25) is 14.5 Å². The van der Waals surface area contributed by atoms with Gasteiger partial charge in [0, 0.05) is 19.0 Å². The molecule has 180 valence electrons. The molecule has 0 aliphatic carbocycles. The molecule has 3 aromatic rings. The highest BCUT2D eigenvalue weighted by Gasteiger charge is 2.19. The molecule has 0 saturated carbocycles. The van der Waals surface area contributed by atoms with E-state index < -0.39 is 0 Å². The van der Waals surface area contributed by atoms with Gasteiger partial charge in [-0.25, -0.2) is 5.43 Å². The predicted octanol–water partition coefficient (Wildman–Crippen LogP) is 4.83. The predicted molar refractivity (Wildman–Crippen MR) is 137 cm³/mol. The summed E-state index contributed by atoms with van der Waals surface area (Å²) in [6.07, 6.45) is 5.16. The average Bonchev–Trinajstić information content (AvgIpc) is 2.87. The molecule has 1 heterocycles. The van der Waals surface area contributed by atoms with Crippen LogP contribution in [0.5, 0.6) is 5.75 Å². The van der Waals surface area contributed by atoms with Crippen LogP contribution in [0, 0.1) is 5.92 Å². The lowest BCUT2D eigenvalue weighted by atomic mass is 9.90. The summed E-state index contributed by atoms with van der Waals surface area (Å²) in [5.74, 6) is 0.599. The minimum absolute atomic E-state index is 0.258. The molecule has 35 heavy (non-hydrogen) atoms. The fourth-order valence-electron chi connectivity index (χ4n) is 4.33. The first-order chi connectivity index (χ1) is 17.0. The number of hydrogen-bond donors (Lipinski definition) is 1. The van der Waals surface area contributed by atoms with Crippen molar-refractivity contribution in [2.45, 2.75) is 32.7 Å². The van der Waals surface area contributed by atoms with Crippen LogP contribution < -0.4 is 10.2 Å².